The first kappa shape index (κ1) is 17.6. The number of hydrogen-bond donors (Lipinski definition) is 0. The Balaban J connectivity index is 1.92. The molecule has 0 amide bonds. The summed E-state index contributed by atoms with van der Waals surface area (Å²) in [6.07, 6.45) is 0. The van der Waals surface area contributed by atoms with Crippen LogP contribution < -0.4 is 4.74 Å². The van der Waals surface area contributed by atoms with Gasteiger partial charge in [-0.25, -0.2) is 8.42 Å². The molecule has 0 aromatic heterocycles. The maximum absolute atomic E-state index is 13.0. The van der Waals surface area contributed by atoms with Crippen molar-refractivity contribution in [2.45, 2.75) is 17.2 Å². The van der Waals surface area contributed by atoms with Crippen LogP contribution in [0.1, 0.15) is 17.9 Å². The maximum Gasteiger partial charge on any atom is 0.244 e. The molecule has 3 rings (SSSR count). The van der Waals surface area contributed by atoms with Gasteiger partial charge in [-0.15, -0.1) is 11.8 Å². The number of hydrogen-bond acceptors (Lipinski definition) is 4. The first-order chi connectivity index (χ1) is 11.5. The summed E-state index contributed by atoms with van der Waals surface area (Å²) in [5.74, 6) is 1.40. The molecule has 4 nitrogen and oxygen atoms in total. The van der Waals surface area contributed by atoms with Crippen molar-refractivity contribution in [2.24, 2.45) is 0 Å². The number of halogens is 1. The van der Waals surface area contributed by atoms with Gasteiger partial charge < -0.3 is 4.74 Å². The van der Waals surface area contributed by atoms with Crippen LogP contribution in [0.3, 0.4) is 0 Å². The van der Waals surface area contributed by atoms with Gasteiger partial charge in [-0.1, -0.05) is 29.8 Å². The molecular weight excluding hydrogens is 366 g/mol. The fourth-order valence-electron chi connectivity index (χ4n) is 2.63. The third kappa shape index (κ3) is 3.42. The zero-order valence-electron chi connectivity index (χ0n) is 13.2. The Hall–Kier alpha value is -1.21. The van der Waals surface area contributed by atoms with Crippen LogP contribution in [0, 0.1) is 0 Å². The highest BCUT2D eigenvalue weighted by molar-refractivity contribution is 8.01. The van der Waals surface area contributed by atoms with Gasteiger partial charge in [-0.05, 0) is 42.8 Å². The number of benzene rings is 2. The molecule has 2 aromatic carbocycles. The SMILES string of the molecule is CCOc1ccc(S(=O)(=O)N2CCSC2c2ccccc2Cl)cc1. The molecule has 1 atom stereocenters. The highest BCUT2D eigenvalue weighted by Gasteiger charge is 2.37. The van der Waals surface area contributed by atoms with Crippen molar-refractivity contribution in [3.63, 3.8) is 0 Å². The van der Waals surface area contributed by atoms with Crippen molar-refractivity contribution >= 4 is 33.4 Å². The van der Waals surface area contributed by atoms with E-state index in [9.17, 15) is 8.42 Å². The molecule has 0 spiro atoms. The van der Waals surface area contributed by atoms with Gasteiger partial charge in [0.2, 0.25) is 10.0 Å². The number of thioether (sulfide) groups is 1. The molecule has 7 heteroatoms. The van der Waals surface area contributed by atoms with E-state index in [0.717, 1.165) is 11.3 Å². The molecule has 0 saturated carbocycles. The highest BCUT2D eigenvalue weighted by Crippen LogP contribution is 2.43. The van der Waals surface area contributed by atoms with Gasteiger partial charge in [0.1, 0.15) is 5.75 Å². The highest BCUT2D eigenvalue weighted by atomic mass is 35.5. The monoisotopic (exact) mass is 383 g/mol. The van der Waals surface area contributed by atoms with Crippen LogP contribution in [-0.4, -0.2) is 31.6 Å². The number of nitrogens with zero attached hydrogens (tertiary/aromatic N) is 1. The smallest absolute Gasteiger partial charge is 0.244 e. The van der Waals surface area contributed by atoms with Gasteiger partial charge in [0, 0.05) is 17.3 Å². The summed E-state index contributed by atoms with van der Waals surface area (Å²) >= 11 is 7.86. The minimum Gasteiger partial charge on any atom is -0.494 e. The Morgan fingerprint density at radius 1 is 1.21 bits per heavy atom. The third-order valence-electron chi connectivity index (χ3n) is 3.76. The van der Waals surface area contributed by atoms with Crippen LogP contribution >= 0.6 is 23.4 Å². The lowest BCUT2D eigenvalue weighted by Crippen LogP contribution is -2.30. The quantitative estimate of drug-likeness (QED) is 0.777. The molecule has 0 bridgehead atoms. The van der Waals surface area contributed by atoms with Crippen LogP contribution in [0.25, 0.3) is 0 Å². The lowest BCUT2D eigenvalue weighted by molar-refractivity contribution is 0.340. The molecule has 1 heterocycles. The Kier molecular flexibility index (Phi) is 5.39. The fourth-order valence-corrected chi connectivity index (χ4v) is 6.20. The van der Waals surface area contributed by atoms with E-state index in [4.69, 9.17) is 16.3 Å². The molecule has 0 radical (unpaired) electrons. The van der Waals surface area contributed by atoms with Gasteiger partial charge in [-0.3, -0.25) is 0 Å². The molecule has 1 saturated heterocycles. The predicted octanol–water partition coefficient (Wildman–Crippen LogP) is 4.18. The lowest BCUT2D eigenvalue weighted by atomic mass is 10.2. The Bertz CT molecular complexity index is 809. The average molecular weight is 384 g/mol. The van der Waals surface area contributed by atoms with Crippen LogP contribution in [0.4, 0.5) is 0 Å². The molecule has 128 valence electrons. The Labute approximate surface area is 151 Å². The van der Waals surface area contributed by atoms with E-state index in [-0.39, 0.29) is 10.3 Å². The van der Waals surface area contributed by atoms with E-state index in [0.29, 0.717) is 23.9 Å². The summed E-state index contributed by atoms with van der Waals surface area (Å²) < 4.78 is 33.0. The van der Waals surface area contributed by atoms with Gasteiger partial charge in [0.15, 0.2) is 0 Å². The first-order valence-electron chi connectivity index (χ1n) is 7.65. The zero-order chi connectivity index (χ0) is 17.2. The van der Waals surface area contributed by atoms with E-state index in [2.05, 4.69) is 0 Å². The van der Waals surface area contributed by atoms with Gasteiger partial charge in [-0.2, -0.15) is 4.31 Å². The lowest BCUT2D eigenvalue weighted by Gasteiger charge is -2.24. The second kappa shape index (κ2) is 7.35. The second-order valence-electron chi connectivity index (χ2n) is 5.26. The van der Waals surface area contributed by atoms with Crippen molar-refractivity contribution in [2.75, 3.05) is 18.9 Å². The molecule has 0 aliphatic carbocycles. The summed E-state index contributed by atoms with van der Waals surface area (Å²) in [5, 5.41) is 0.291. The van der Waals surface area contributed by atoms with E-state index in [1.165, 1.54) is 4.31 Å². The maximum atomic E-state index is 13.0. The zero-order valence-corrected chi connectivity index (χ0v) is 15.6. The Morgan fingerprint density at radius 3 is 2.58 bits per heavy atom. The molecule has 1 aliphatic rings. The minimum absolute atomic E-state index is 0.269. The predicted molar refractivity (Wildman–Crippen MR) is 98.2 cm³/mol. The second-order valence-corrected chi connectivity index (χ2v) is 8.75. The molecular formula is C17H18ClNO3S2. The molecule has 2 aromatic rings. The van der Waals surface area contributed by atoms with E-state index in [1.54, 1.807) is 42.1 Å². The van der Waals surface area contributed by atoms with Gasteiger partial charge in [0.25, 0.3) is 0 Å². The van der Waals surface area contributed by atoms with Crippen molar-refractivity contribution < 1.29 is 13.2 Å². The van der Waals surface area contributed by atoms with Gasteiger partial charge in [0.05, 0.1) is 16.9 Å². The van der Waals surface area contributed by atoms with Crippen LogP contribution in [-0.2, 0) is 10.0 Å². The topological polar surface area (TPSA) is 46.6 Å². The molecule has 0 N–H and O–H groups in total. The third-order valence-corrected chi connectivity index (χ3v) is 7.36. The van der Waals surface area contributed by atoms with Crippen molar-refractivity contribution in [1.82, 2.24) is 4.31 Å². The summed E-state index contributed by atoms with van der Waals surface area (Å²) in [4.78, 5) is 0.269. The standard InChI is InChI=1S/C17H18ClNO3S2/c1-2-22-13-7-9-14(10-8-13)24(20,21)19-11-12-23-17(19)15-5-3-4-6-16(15)18/h3-10,17H,2,11-12H2,1H3. The number of sulfonamides is 1. The molecule has 1 fully saturated rings. The van der Waals surface area contributed by atoms with Crippen LogP contribution in [0.15, 0.2) is 53.4 Å². The fraction of sp³-hybridized carbons (Fsp3) is 0.294. The van der Waals surface area contributed by atoms with Crippen LogP contribution in [0.5, 0.6) is 5.75 Å². The number of rotatable bonds is 5. The van der Waals surface area contributed by atoms with Crippen molar-refractivity contribution in [3.8, 4) is 5.75 Å². The van der Waals surface area contributed by atoms with Crippen LogP contribution in [0.2, 0.25) is 5.02 Å². The summed E-state index contributed by atoms with van der Waals surface area (Å²) in [5.41, 5.74) is 0.830. The molecule has 1 aliphatic heterocycles. The summed E-state index contributed by atoms with van der Waals surface area (Å²) in [7, 11) is -3.59. The van der Waals surface area contributed by atoms with E-state index < -0.39 is 10.0 Å². The summed E-state index contributed by atoms with van der Waals surface area (Å²) in [6, 6.07) is 13.9. The largest absolute Gasteiger partial charge is 0.494 e. The average Bonchev–Trinajstić information content (AvgIpc) is 3.06. The van der Waals surface area contributed by atoms with E-state index >= 15 is 0 Å². The Morgan fingerprint density at radius 2 is 1.92 bits per heavy atom. The minimum atomic E-state index is -3.59. The number of ether oxygens (including phenoxy) is 1. The van der Waals surface area contributed by atoms with Gasteiger partial charge >= 0.3 is 0 Å². The van der Waals surface area contributed by atoms with E-state index in [1.807, 2.05) is 25.1 Å². The summed E-state index contributed by atoms with van der Waals surface area (Å²) in [6.45, 7) is 2.90. The normalized spacial score (nSPS) is 18.7. The van der Waals surface area contributed by atoms with Crippen molar-refractivity contribution in [3.05, 3.63) is 59.1 Å². The molecule has 24 heavy (non-hydrogen) atoms. The first-order valence-corrected chi connectivity index (χ1v) is 10.5. The molecule has 1 unspecified atom stereocenters. The van der Waals surface area contributed by atoms with Crippen molar-refractivity contribution in [1.29, 1.82) is 0 Å².